The summed E-state index contributed by atoms with van der Waals surface area (Å²) in [6.45, 7) is 1.83. The van der Waals surface area contributed by atoms with Gasteiger partial charge in [0.2, 0.25) is 11.8 Å². The third-order valence-electron chi connectivity index (χ3n) is 11.9. The first kappa shape index (κ1) is 34.3. The molecule has 5 aromatic rings. The zero-order chi connectivity index (χ0) is 37.6. The van der Waals surface area contributed by atoms with Gasteiger partial charge in [0.1, 0.15) is 11.6 Å². The number of imide groups is 2. The largest absolute Gasteiger partial charge is 0.508 e. The number of amides is 4. The van der Waals surface area contributed by atoms with E-state index in [0.29, 0.717) is 43.5 Å². The Bertz CT molecular complexity index is 2470. The molecule has 0 bridgehead atoms. The number of aryl methyl sites for hydroxylation is 1. The zero-order valence-corrected chi connectivity index (χ0v) is 30.3. The molecule has 270 valence electrons. The molecule has 2 saturated heterocycles. The molecule has 2 heterocycles. The number of nitrogens with zero attached hydrogens (tertiary/aromatic N) is 2. The van der Waals surface area contributed by atoms with Crippen LogP contribution in [-0.2, 0) is 24.6 Å². The van der Waals surface area contributed by atoms with E-state index in [-0.39, 0.29) is 24.5 Å². The van der Waals surface area contributed by atoms with Crippen molar-refractivity contribution in [2.24, 2.45) is 23.7 Å². The maximum atomic E-state index is 15.5. The number of allylic oxidation sites excluding steroid dienone is 2. The van der Waals surface area contributed by atoms with Crippen molar-refractivity contribution in [1.82, 2.24) is 5.01 Å². The Morgan fingerprint density at radius 3 is 2.31 bits per heavy atom. The summed E-state index contributed by atoms with van der Waals surface area (Å²) < 4.78 is 13.9. The molecular formula is C43H32Cl2FN3O5. The summed E-state index contributed by atoms with van der Waals surface area (Å²) in [5, 5.41) is 15.2. The minimum atomic E-state index is -1.64. The Morgan fingerprint density at radius 2 is 1.57 bits per heavy atom. The standard InChI is InChI=1S/C43H32Cl2FN3O5/c1-22-6-16-28(20-34(22)45)48-39(51)31-18-17-30-32(36(31)41(48)53)21-33-40(52)49(47-27-14-12-26(46)13-15-27)42(54)43(33,24-8-10-25(44)11-9-24)38(30)37-29-5-3-2-4-23(29)7-19-35(37)50/h2-17,19-20,31-33,36,38,47,50H,18,21H2,1H3/t31-,32+,33-,36-,38+,43+/m0/s1. The van der Waals surface area contributed by atoms with Gasteiger partial charge >= 0.3 is 0 Å². The second kappa shape index (κ2) is 12.5. The topological polar surface area (TPSA) is 107 Å². The third-order valence-corrected chi connectivity index (χ3v) is 12.6. The first-order valence-electron chi connectivity index (χ1n) is 17.7. The number of rotatable bonds is 5. The summed E-state index contributed by atoms with van der Waals surface area (Å²) in [6.07, 6.45) is 2.21. The Balaban J connectivity index is 1.28. The van der Waals surface area contributed by atoms with Gasteiger partial charge in [-0.05, 0) is 102 Å². The number of phenolic OH excluding ortho intramolecular Hbond substituents is 1. The van der Waals surface area contributed by atoms with Gasteiger partial charge < -0.3 is 5.11 Å². The van der Waals surface area contributed by atoms with Gasteiger partial charge in [-0.3, -0.25) is 24.6 Å². The fourth-order valence-corrected chi connectivity index (χ4v) is 9.83. The van der Waals surface area contributed by atoms with E-state index in [4.69, 9.17) is 23.2 Å². The lowest BCUT2D eigenvalue weighted by molar-refractivity contribution is -0.138. The van der Waals surface area contributed by atoms with Crippen LogP contribution in [0.3, 0.4) is 0 Å². The summed E-state index contributed by atoms with van der Waals surface area (Å²) in [5.74, 6) is -6.68. The molecule has 2 aliphatic heterocycles. The summed E-state index contributed by atoms with van der Waals surface area (Å²) in [6, 6.07) is 28.1. The molecule has 3 fully saturated rings. The molecule has 0 aromatic heterocycles. The van der Waals surface area contributed by atoms with Crippen LogP contribution in [0.4, 0.5) is 15.8 Å². The lowest BCUT2D eigenvalue weighted by atomic mass is 9.48. The van der Waals surface area contributed by atoms with Gasteiger partial charge in [-0.25, -0.2) is 9.29 Å². The van der Waals surface area contributed by atoms with Crippen LogP contribution in [0, 0.1) is 36.4 Å². The number of aromatic hydroxyl groups is 1. The lowest BCUT2D eigenvalue weighted by Gasteiger charge is -2.51. The van der Waals surface area contributed by atoms with Gasteiger partial charge in [0.05, 0.1) is 34.5 Å². The zero-order valence-electron chi connectivity index (χ0n) is 28.8. The lowest BCUT2D eigenvalue weighted by Crippen LogP contribution is -2.53. The first-order valence-corrected chi connectivity index (χ1v) is 18.5. The SMILES string of the molecule is Cc1ccc(N2C(=O)[C@H]3[C@H](CC=C4[C@H]3C[C@H]3C(=O)N(Nc5ccc(F)cc5)C(=O)[C@@]3(c3ccc(Cl)cc3)[C@H]4c3c(O)ccc4ccccc34)C2=O)cc1Cl. The third kappa shape index (κ3) is 4.87. The van der Waals surface area contributed by atoms with Crippen LogP contribution in [-0.4, -0.2) is 33.7 Å². The van der Waals surface area contributed by atoms with Crippen molar-refractivity contribution < 1.29 is 28.7 Å². The Kier molecular flexibility index (Phi) is 7.95. The van der Waals surface area contributed by atoms with E-state index in [1.807, 2.05) is 37.3 Å². The van der Waals surface area contributed by atoms with E-state index in [2.05, 4.69) is 5.43 Å². The van der Waals surface area contributed by atoms with Crippen molar-refractivity contribution in [1.29, 1.82) is 0 Å². The number of hydrogen-bond acceptors (Lipinski definition) is 6. The molecule has 2 N–H and O–H groups in total. The molecule has 0 radical (unpaired) electrons. The van der Waals surface area contributed by atoms with Gasteiger partial charge in [0.15, 0.2) is 0 Å². The number of fused-ring (bicyclic) bond motifs is 5. The molecule has 8 nitrogen and oxygen atoms in total. The highest BCUT2D eigenvalue weighted by atomic mass is 35.5. The second-order valence-electron chi connectivity index (χ2n) is 14.5. The van der Waals surface area contributed by atoms with Crippen LogP contribution in [0.25, 0.3) is 10.8 Å². The van der Waals surface area contributed by atoms with Crippen LogP contribution in [0.1, 0.15) is 35.4 Å². The molecule has 54 heavy (non-hydrogen) atoms. The number of anilines is 2. The van der Waals surface area contributed by atoms with E-state index in [0.717, 1.165) is 16.0 Å². The summed E-state index contributed by atoms with van der Waals surface area (Å²) in [5.41, 5.74) is 4.43. The molecule has 11 heteroatoms. The molecule has 4 amide bonds. The van der Waals surface area contributed by atoms with E-state index >= 15 is 4.79 Å². The molecule has 6 atom stereocenters. The number of phenols is 1. The van der Waals surface area contributed by atoms with Gasteiger partial charge in [0.25, 0.3) is 11.8 Å². The summed E-state index contributed by atoms with van der Waals surface area (Å²) >= 11 is 12.9. The molecule has 5 aromatic carbocycles. The van der Waals surface area contributed by atoms with E-state index in [1.54, 1.807) is 54.6 Å². The van der Waals surface area contributed by atoms with E-state index in [9.17, 15) is 23.9 Å². The highest BCUT2D eigenvalue weighted by Gasteiger charge is 2.71. The van der Waals surface area contributed by atoms with E-state index in [1.165, 1.54) is 29.2 Å². The van der Waals surface area contributed by atoms with Gasteiger partial charge in [-0.2, -0.15) is 5.01 Å². The predicted molar refractivity (Wildman–Crippen MR) is 203 cm³/mol. The highest BCUT2D eigenvalue weighted by Crippen LogP contribution is 2.65. The molecule has 9 rings (SSSR count). The van der Waals surface area contributed by atoms with Crippen molar-refractivity contribution in [3.05, 3.63) is 147 Å². The summed E-state index contributed by atoms with van der Waals surface area (Å²) in [4.78, 5) is 60.4. The molecule has 0 spiro atoms. The predicted octanol–water partition coefficient (Wildman–Crippen LogP) is 8.49. The van der Waals surface area contributed by atoms with Crippen LogP contribution >= 0.6 is 23.2 Å². The number of nitrogens with one attached hydrogen (secondary N) is 1. The quantitative estimate of drug-likeness (QED) is 0.138. The summed E-state index contributed by atoms with van der Waals surface area (Å²) in [7, 11) is 0. The fraction of sp³-hybridized carbons (Fsp3) is 0.209. The Morgan fingerprint density at radius 1 is 0.833 bits per heavy atom. The van der Waals surface area contributed by atoms with Crippen LogP contribution in [0.5, 0.6) is 5.75 Å². The van der Waals surface area contributed by atoms with Crippen LogP contribution < -0.4 is 10.3 Å². The van der Waals surface area contributed by atoms with Gasteiger partial charge in [-0.1, -0.05) is 83.4 Å². The van der Waals surface area contributed by atoms with E-state index < -0.39 is 58.5 Å². The average Bonchev–Trinajstić information content (AvgIpc) is 3.55. The van der Waals surface area contributed by atoms with Crippen LogP contribution in [0.2, 0.25) is 10.0 Å². The molecule has 2 aliphatic carbocycles. The maximum Gasteiger partial charge on any atom is 0.260 e. The van der Waals surface area contributed by atoms with Crippen molar-refractivity contribution in [2.45, 2.75) is 31.1 Å². The number of carbonyl (C=O) groups excluding carboxylic acids is 4. The number of hydrogen-bond donors (Lipinski definition) is 2. The number of benzene rings is 5. The molecule has 4 aliphatic rings. The number of halogens is 3. The van der Waals surface area contributed by atoms with Crippen molar-refractivity contribution >= 4 is 69.0 Å². The number of hydrazine groups is 1. The van der Waals surface area contributed by atoms with Crippen molar-refractivity contribution in [2.75, 3.05) is 10.3 Å². The molecule has 0 unspecified atom stereocenters. The molecule has 1 saturated carbocycles. The average molecular weight is 761 g/mol. The minimum absolute atomic E-state index is 0.0609. The Hall–Kier alpha value is -5.51. The fourth-order valence-electron chi connectivity index (χ4n) is 9.53. The maximum absolute atomic E-state index is 15.5. The highest BCUT2D eigenvalue weighted by molar-refractivity contribution is 6.32. The van der Waals surface area contributed by atoms with Crippen molar-refractivity contribution in [3.63, 3.8) is 0 Å². The monoisotopic (exact) mass is 759 g/mol. The second-order valence-corrected chi connectivity index (χ2v) is 15.4. The smallest absolute Gasteiger partial charge is 0.260 e. The normalized spacial score (nSPS) is 26.1. The van der Waals surface area contributed by atoms with Gasteiger partial charge in [-0.15, -0.1) is 0 Å². The minimum Gasteiger partial charge on any atom is -0.508 e. The Labute approximate surface area is 319 Å². The van der Waals surface area contributed by atoms with Gasteiger partial charge in [0, 0.05) is 21.5 Å². The molecular weight excluding hydrogens is 728 g/mol. The van der Waals surface area contributed by atoms with Crippen LogP contribution in [0.15, 0.2) is 115 Å². The number of carbonyl (C=O) groups is 4. The van der Waals surface area contributed by atoms with Crippen molar-refractivity contribution in [3.8, 4) is 5.75 Å². The first-order chi connectivity index (χ1) is 26.0.